The number of anilines is 1. The first-order chi connectivity index (χ1) is 17.5. The number of fused-ring (bicyclic) bond motifs is 1. The molecular formula is C29H25N3O3S. The molecule has 7 heteroatoms. The van der Waals surface area contributed by atoms with Gasteiger partial charge in [-0.05, 0) is 41.0 Å². The van der Waals surface area contributed by atoms with Crippen LogP contribution in [-0.4, -0.2) is 29.3 Å². The monoisotopic (exact) mass is 495 g/mol. The average Bonchev–Trinajstić information content (AvgIpc) is 3.12. The molecule has 4 aromatic rings. The zero-order valence-corrected chi connectivity index (χ0v) is 20.5. The van der Waals surface area contributed by atoms with E-state index in [1.54, 1.807) is 18.7 Å². The predicted octanol–water partition coefficient (Wildman–Crippen LogP) is 5.54. The second-order valence-electron chi connectivity index (χ2n) is 8.79. The molecule has 1 heterocycles. The lowest BCUT2D eigenvalue weighted by Crippen LogP contribution is -2.42. The first-order valence-electron chi connectivity index (χ1n) is 11.6. The lowest BCUT2D eigenvalue weighted by atomic mass is 9.88. The Morgan fingerprint density at radius 2 is 1.58 bits per heavy atom. The maximum absolute atomic E-state index is 13.5. The van der Waals surface area contributed by atoms with Crippen molar-refractivity contribution in [3.05, 3.63) is 108 Å². The fraction of sp³-hybridized carbons (Fsp3) is 0.138. The molecule has 1 aliphatic heterocycles. The Morgan fingerprint density at radius 1 is 0.889 bits per heavy atom. The smallest absolute Gasteiger partial charge is 0.324 e. The van der Waals surface area contributed by atoms with E-state index in [4.69, 9.17) is 0 Å². The van der Waals surface area contributed by atoms with Gasteiger partial charge in [0.05, 0.1) is 5.69 Å². The zero-order valence-electron chi connectivity index (χ0n) is 19.7. The Bertz CT molecular complexity index is 1450. The number of para-hydroxylation sites is 1. The van der Waals surface area contributed by atoms with Crippen molar-refractivity contribution in [3.8, 4) is 0 Å². The molecule has 0 aliphatic carbocycles. The second kappa shape index (κ2) is 9.87. The number of rotatable bonds is 7. The van der Waals surface area contributed by atoms with Crippen molar-refractivity contribution in [2.75, 3.05) is 11.9 Å². The van der Waals surface area contributed by atoms with E-state index in [-0.39, 0.29) is 6.54 Å². The second-order valence-corrected chi connectivity index (χ2v) is 9.81. The lowest BCUT2D eigenvalue weighted by Gasteiger charge is -2.24. The van der Waals surface area contributed by atoms with Gasteiger partial charge in [0, 0.05) is 10.6 Å². The zero-order chi connectivity index (χ0) is 25.1. The fourth-order valence-corrected chi connectivity index (χ4v) is 5.41. The van der Waals surface area contributed by atoms with E-state index in [9.17, 15) is 14.4 Å². The van der Waals surface area contributed by atoms with Gasteiger partial charge in [0.25, 0.3) is 5.91 Å². The van der Waals surface area contributed by atoms with Gasteiger partial charge in [-0.2, -0.15) is 0 Å². The van der Waals surface area contributed by atoms with E-state index in [0.29, 0.717) is 11.3 Å². The summed E-state index contributed by atoms with van der Waals surface area (Å²) in [6, 6.07) is 30.4. The van der Waals surface area contributed by atoms with Crippen LogP contribution in [0.2, 0.25) is 0 Å². The Morgan fingerprint density at radius 3 is 2.42 bits per heavy atom. The van der Waals surface area contributed by atoms with Gasteiger partial charge in [-0.1, -0.05) is 84.9 Å². The van der Waals surface area contributed by atoms with Crippen LogP contribution in [0.1, 0.15) is 18.1 Å². The molecule has 180 valence electrons. The van der Waals surface area contributed by atoms with Gasteiger partial charge >= 0.3 is 6.03 Å². The molecular weight excluding hydrogens is 470 g/mol. The minimum atomic E-state index is -1.26. The summed E-state index contributed by atoms with van der Waals surface area (Å²) in [5.74, 6) is -0.136. The van der Waals surface area contributed by atoms with Gasteiger partial charge in [-0.3, -0.25) is 14.5 Å². The third-order valence-electron chi connectivity index (χ3n) is 6.30. The molecule has 0 saturated carbocycles. The number of imide groups is 1. The number of urea groups is 1. The van der Waals surface area contributed by atoms with Crippen LogP contribution < -0.4 is 10.6 Å². The summed E-state index contributed by atoms with van der Waals surface area (Å²) in [6.07, 6.45) is 0. The summed E-state index contributed by atoms with van der Waals surface area (Å²) in [5.41, 5.74) is 1.26. The molecule has 1 aliphatic rings. The number of carbonyl (C=O) groups is 3. The van der Waals surface area contributed by atoms with Crippen molar-refractivity contribution in [1.82, 2.24) is 10.2 Å². The summed E-state index contributed by atoms with van der Waals surface area (Å²) in [4.78, 5) is 41.1. The van der Waals surface area contributed by atoms with Gasteiger partial charge in [-0.15, -0.1) is 11.8 Å². The molecule has 1 unspecified atom stereocenters. The van der Waals surface area contributed by atoms with Crippen LogP contribution in [0.5, 0.6) is 0 Å². The van der Waals surface area contributed by atoms with E-state index in [1.165, 1.54) is 5.56 Å². The molecule has 4 amide bonds. The van der Waals surface area contributed by atoms with Crippen LogP contribution in [-0.2, 0) is 20.9 Å². The first kappa shape index (κ1) is 23.6. The van der Waals surface area contributed by atoms with Crippen LogP contribution in [0.4, 0.5) is 10.5 Å². The predicted molar refractivity (Wildman–Crippen MR) is 143 cm³/mol. The summed E-state index contributed by atoms with van der Waals surface area (Å²) >= 11 is 1.61. The van der Waals surface area contributed by atoms with Crippen molar-refractivity contribution in [2.45, 2.75) is 23.1 Å². The number of thioether (sulfide) groups is 1. The third kappa shape index (κ3) is 4.57. The lowest BCUT2D eigenvalue weighted by molar-refractivity contribution is -0.133. The quantitative estimate of drug-likeness (QED) is 0.261. The number of amides is 4. The standard InChI is InChI=1S/C29H25N3O3S/c1-29(23-15-9-13-21-12-5-6-14-22(21)23)27(34)32(28(35)31-29)18-26(33)30-24-16-7-8-17-25(24)36-19-20-10-3-2-4-11-20/h2-17H,18-19H2,1H3,(H,30,33)(H,31,35). The third-order valence-corrected chi connectivity index (χ3v) is 7.45. The molecule has 1 fully saturated rings. The van der Waals surface area contributed by atoms with Crippen molar-refractivity contribution >= 4 is 46.1 Å². The van der Waals surface area contributed by atoms with Gasteiger partial charge in [0.2, 0.25) is 5.91 Å². The van der Waals surface area contributed by atoms with Gasteiger partial charge in [-0.25, -0.2) is 4.79 Å². The summed E-state index contributed by atoms with van der Waals surface area (Å²) in [7, 11) is 0. The van der Waals surface area contributed by atoms with Crippen molar-refractivity contribution in [1.29, 1.82) is 0 Å². The van der Waals surface area contributed by atoms with E-state index in [0.717, 1.165) is 26.3 Å². The number of hydrogen-bond donors (Lipinski definition) is 2. The molecule has 0 spiro atoms. The maximum atomic E-state index is 13.5. The summed E-state index contributed by atoms with van der Waals surface area (Å²) in [5, 5.41) is 7.54. The van der Waals surface area contributed by atoms with Crippen LogP contribution >= 0.6 is 11.8 Å². The minimum absolute atomic E-state index is 0.372. The van der Waals surface area contributed by atoms with E-state index in [1.807, 2.05) is 84.9 Å². The maximum Gasteiger partial charge on any atom is 0.325 e. The SMILES string of the molecule is CC1(c2cccc3ccccc23)NC(=O)N(CC(=O)Nc2ccccc2SCc2ccccc2)C1=O. The average molecular weight is 496 g/mol. The first-order valence-corrected chi connectivity index (χ1v) is 12.6. The highest BCUT2D eigenvalue weighted by Gasteiger charge is 2.50. The van der Waals surface area contributed by atoms with Crippen LogP contribution in [0.3, 0.4) is 0 Å². The molecule has 0 radical (unpaired) electrons. The molecule has 0 aromatic heterocycles. The molecule has 36 heavy (non-hydrogen) atoms. The number of nitrogens with zero attached hydrogens (tertiary/aromatic N) is 1. The summed E-state index contributed by atoms with van der Waals surface area (Å²) in [6.45, 7) is 1.31. The van der Waals surface area contributed by atoms with Gasteiger partial charge in [0.15, 0.2) is 0 Å². The number of benzene rings is 4. The molecule has 6 nitrogen and oxygen atoms in total. The minimum Gasteiger partial charge on any atom is -0.324 e. The molecule has 0 bridgehead atoms. The van der Waals surface area contributed by atoms with Crippen molar-refractivity contribution < 1.29 is 14.4 Å². The molecule has 4 aromatic carbocycles. The number of hydrogen-bond acceptors (Lipinski definition) is 4. The Balaban J connectivity index is 1.31. The number of carbonyl (C=O) groups excluding carboxylic acids is 3. The van der Waals surface area contributed by atoms with Crippen LogP contribution in [0.25, 0.3) is 10.8 Å². The molecule has 1 atom stereocenters. The fourth-order valence-electron chi connectivity index (χ4n) is 4.45. The Labute approximate surface area is 213 Å². The Kier molecular flexibility index (Phi) is 6.48. The van der Waals surface area contributed by atoms with Crippen LogP contribution in [0.15, 0.2) is 102 Å². The number of nitrogens with one attached hydrogen (secondary N) is 2. The van der Waals surface area contributed by atoms with E-state index >= 15 is 0 Å². The highest BCUT2D eigenvalue weighted by molar-refractivity contribution is 7.98. The Hall–Kier alpha value is -4.10. The van der Waals surface area contributed by atoms with E-state index in [2.05, 4.69) is 22.8 Å². The van der Waals surface area contributed by atoms with Gasteiger partial charge < -0.3 is 10.6 Å². The van der Waals surface area contributed by atoms with Crippen molar-refractivity contribution in [3.63, 3.8) is 0 Å². The molecule has 1 saturated heterocycles. The largest absolute Gasteiger partial charge is 0.325 e. The van der Waals surface area contributed by atoms with Crippen molar-refractivity contribution in [2.24, 2.45) is 0 Å². The van der Waals surface area contributed by atoms with E-state index < -0.39 is 23.4 Å². The summed E-state index contributed by atoms with van der Waals surface area (Å²) < 4.78 is 0. The van der Waals surface area contributed by atoms with Gasteiger partial charge in [0.1, 0.15) is 12.1 Å². The molecule has 5 rings (SSSR count). The highest BCUT2D eigenvalue weighted by Crippen LogP contribution is 2.34. The van der Waals surface area contributed by atoms with Crippen LogP contribution in [0, 0.1) is 0 Å². The molecule has 2 N–H and O–H groups in total. The topological polar surface area (TPSA) is 78.5 Å². The highest BCUT2D eigenvalue weighted by atomic mass is 32.2. The normalized spacial score (nSPS) is 17.3.